The van der Waals surface area contributed by atoms with Crippen LogP contribution in [0.15, 0.2) is 24.3 Å². The first kappa shape index (κ1) is 16.4. The van der Waals surface area contributed by atoms with Crippen molar-refractivity contribution in [2.24, 2.45) is 11.7 Å². The van der Waals surface area contributed by atoms with Crippen LogP contribution in [0.4, 0.5) is 0 Å². The molecule has 1 aromatic rings. The van der Waals surface area contributed by atoms with Crippen molar-refractivity contribution in [1.29, 1.82) is 0 Å². The van der Waals surface area contributed by atoms with Crippen molar-refractivity contribution in [1.82, 2.24) is 4.31 Å². The van der Waals surface area contributed by atoms with Crippen LogP contribution in [0.5, 0.6) is 0 Å². The summed E-state index contributed by atoms with van der Waals surface area (Å²) in [4.78, 5) is 0.235. The van der Waals surface area contributed by atoms with E-state index in [9.17, 15) is 8.42 Å². The van der Waals surface area contributed by atoms with Crippen LogP contribution in [0.2, 0.25) is 0 Å². The number of nitrogens with zero attached hydrogens (tertiary/aromatic N) is 1. The lowest BCUT2D eigenvalue weighted by molar-refractivity contribution is 0.341. The lowest BCUT2D eigenvalue weighted by atomic mass is 10.1. The van der Waals surface area contributed by atoms with Crippen LogP contribution >= 0.6 is 12.2 Å². The van der Waals surface area contributed by atoms with Gasteiger partial charge in [-0.05, 0) is 38.2 Å². The third kappa shape index (κ3) is 4.25. The van der Waals surface area contributed by atoms with Gasteiger partial charge in [0.25, 0.3) is 0 Å². The van der Waals surface area contributed by atoms with Crippen molar-refractivity contribution in [2.75, 3.05) is 6.54 Å². The molecule has 2 N–H and O–H groups in total. The largest absolute Gasteiger partial charge is 0.389 e. The molecule has 2 rings (SSSR count). The monoisotopic (exact) mass is 326 g/mol. The van der Waals surface area contributed by atoms with Crippen molar-refractivity contribution in [3.05, 3.63) is 35.4 Å². The van der Waals surface area contributed by atoms with E-state index in [0.717, 1.165) is 12.8 Å². The van der Waals surface area contributed by atoms with Gasteiger partial charge in [-0.15, -0.1) is 0 Å². The fraction of sp³-hybridized carbons (Fsp3) is 0.533. The molecule has 1 aromatic carbocycles. The third-order valence-electron chi connectivity index (χ3n) is 3.69. The molecule has 0 bridgehead atoms. The molecule has 0 radical (unpaired) electrons. The number of hydrogen-bond donors (Lipinski definition) is 1. The van der Waals surface area contributed by atoms with E-state index in [2.05, 4.69) is 0 Å². The first-order valence-corrected chi connectivity index (χ1v) is 9.20. The molecule has 0 saturated heterocycles. The van der Waals surface area contributed by atoms with Gasteiger partial charge in [0.05, 0.1) is 5.75 Å². The lowest BCUT2D eigenvalue weighted by Gasteiger charge is -2.26. The summed E-state index contributed by atoms with van der Waals surface area (Å²) in [6.45, 7) is 4.45. The van der Waals surface area contributed by atoms with Gasteiger partial charge in [-0.2, -0.15) is 4.31 Å². The number of nitrogens with two attached hydrogens (primary N) is 1. The van der Waals surface area contributed by atoms with E-state index in [4.69, 9.17) is 18.0 Å². The Kier molecular flexibility index (Phi) is 5.01. The Morgan fingerprint density at radius 1 is 1.38 bits per heavy atom. The average molecular weight is 326 g/mol. The Morgan fingerprint density at radius 3 is 2.52 bits per heavy atom. The van der Waals surface area contributed by atoms with Crippen LogP contribution in [0.25, 0.3) is 0 Å². The van der Waals surface area contributed by atoms with E-state index in [1.807, 2.05) is 26.0 Å². The zero-order valence-electron chi connectivity index (χ0n) is 12.5. The van der Waals surface area contributed by atoms with Crippen LogP contribution in [-0.4, -0.2) is 30.3 Å². The summed E-state index contributed by atoms with van der Waals surface area (Å²) in [5.74, 6) is 0.471. The van der Waals surface area contributed by atoms with Crippen molar-refractivity contribution < 1.29 is 8.42 Å². The summed E-state index contributed by atoms with van der Waals surface area (Å²) in [6.07, 6.45) is 2.25. The Hall–Kier alpha value is -0.980. The fourth-order valence-electron chi connectivity index (χ4n) is 2.37. The van der Waals surface area contributed by atoms with E-state index < -0.39 is 10.0 Å². The quantitative estimate of drug-likeness (QED) is 0.781. The van der Waals surface area contributed by atoms with Crippen LogP contribution in [0.3, 0.4) is 0 Å². The van der Waals surface area contributed by atoms with E-state index in [0.29, 0.717) is 23.6 Å². The maximum Gasteiger partial charge on any atom is 0.218 e. The first-order chi connectivity index (χ1) is 9.81. The standard InChI is InChI=1S/C15H22N2O2S2/c1-11(2)17(9-12-7-8-12)21(18,19)10-13-5-3-4-6-14(13)15(16)20/h3-6,11-12H,7-10H2,1-2H3,(H2,16,20). The summed E-state index contributed by atoms with van der Waals surface area (Å²) in [5.41, 5.74) is 7.00. The fourth-order valence-corrected chi connectivity index (χ4v) is 4.46. The van der Waals surface area contributed by atoms with Crippen LogP contribution in [-0.2, 0) is 15.8 Å². The van der Waals surface area contributed by atoms with Crippen molar-refractivity contribution in [2.45, 2.75) is 38.5 Å². The molecule has 1 aliphatic rings. The van der Waals surface area contributed by atoms with Gasteiger partial charge in [0.15, 0.2) is 0 Å². The van der Waals surface area contributed by atoms with Crippen molar-refractivity contribution in [3.8, 4) is 0 Å². The number of sulfonamides is 1. The predicted octanol–water partition coefficient (Wildman–Crippen LogP) is 2.27. The van der Waals surface area contributed by atoms with Gasteiger partial charge in [-0.1, -0.05) is 36.5 Å². The molecule has 21 heavy (non-hydrogen) atoms. The van der Waals surface area contributed by atoms with E-state index >= 15 is 0 Å². The highest BCUT2D eigenvalue weighted by molar-refractivity contribution is 7.88. The highest BCUT2D eigenvalue weighted by Gasteiger charge is 2.32. The Bertz CT molecular complexity index is 622. The van der Waals surface area contributed by atoms with Gasteiger partial charge in [0.2, 0.25) is 10.0 Å². The second-order valence-electron chi connectivity index (χ2n) is 5.88. The summed E-state index contributed by atoms with van der Waals surface area (Å²) in [7, 11) is -3.37. The molecule has 0 aliphatic heterocycles. The van der Waals surface area contributed by atoms with Gasteiger partial charge < -0.3 is 5.73 Å². The maximum absolute atomic E-state index is 12.7. The number of hydrogen-bond acceptors (Lipinski definition) is 3. The predicted molar refractivity (Wildman–Crippen MR) is 89.5 cm³/mol. The second-order valence-corrected chi connectivity index (χ2v) is 8.25. The number of thiocarbonyl (C=S) groups is 1. The van der Waals surface area contributed by atoms with Gasteiger partial charge in [-0.25, -0.2) is 8.42 Å². The molecule has 1 aliphatic carbocycles. The molecular formula is C15H22N2O2S2. The highest BCUT2D eigenvalue weighted by atomic mass is 32.2. The first-order valence-electron chi connectivity index (χ1n) is 7.18. The highest BCUT2D eigenvalue weighted by Crippen LogP contribution is 2.32. The van der Waals surface area contributed by atoms with E-state index in [-0.39, 0.29) is 16.8 Å². The topological polar surface area (TPSA) is 63.4 Å². The molecule has 6 heteroatoms. The maximum atomic E-state index is 12.7. The molecule has 0 unspecified atom stereocenters. The van der Waals surface area contributed by atoms with Gasteiger partial charge in [-0.3, -0.25) is 0 Å². The van der Waals surface area contributed by atoms with Crippen molar-refractivity contribution in [3.63, 3.8) is 0 Å². The molecule has 116 valence electrons. The van der Waals surface area contributed by atoms with E-state index in [1.54, 1.807) is 16.4 Å². The Balaban J connectivity index is 2.25. The summed E-state index contributed by atoms with van der Waals surface area (Å²) < 4.78 is 27.1. The number of benzene rings is 1. The van der Waals surface area contributed by atoms with Crippen LogP contribution in [0.1, 0.15) is 37.8 Å². The SMILES string of the molecule is CC(C)N(CC1CC1)S(=O)(=O)Cc1ccccc1C(N)=S. The summed E-state index contributed by atoms with van der Waals surface area (Å²) in [6, 6.07) is 7.14. The molecule has 0 atom stereocenters. The molecule has 1 fully saturated rings. The third-order valence-corrected chi connectivity index (χ3v) is 5.87. The lowest BCUT2D eigenvalue weighted by Crippen LogP contribution is -2.39. The normalized spacial score (nSPS) is 15.6. The molecule has 0 aromatic heterocycles. The Morgan fingerprint density at radius 2 is 2.00 bits per heavy atom. The molecular weight excluding hydrogens is 304 g/mol. The summed E-state index contributed by atoms with van der Waals surface area (Å²) >= 11 is 5.01. The smallest absolute Gasteiger partial charge is 0.218 e. The summed E-state index contributed by atoms with van der Waals surface area (Å²) in [5, 5.41) is 0. The van der Waals surface area contributed by atoms with Gasteiger partial charge >= 0.3 is 0 Å². The second kappa shape index (κ2) is 6.42. The average Bonchev–Trinajstić information content (AvgIpc) is 3.19. The minimum atomic E-state index is -3.37. The minimum Gasteiger partial charge on any atom is -0.389 e. The number of rotatable bonds is 7. The zero-order chi connectivity index (χ0) is 15.6. The molecule has 4 nitrogen and oxygen atoms in total. The van der Waals surface area contributed by atoms with Crippen molar-refractivity contribution >= 4 is 27.2 Å². The van der Waals surface area contributed by atoms with Crippen LogP contribution < -0.4 is 5.73 Å². The molecule has 1 saturated carbocycles. The molecule has 0 heterocycles. The van der Waals surface area contributed by atoms with Gasteiger partial charge in [0.1, 0.15) is 4.99 Å². The Labute approximate surface area is 132 Å². The van der Waals surface area contributed by atoms with E-state index in [1.165, 1.54) is 0 Å². The molecule has 0 amide bonds. The van der Waals surface area contributed by atoms with Crippen LogP contribution in [0, 0.1) is 5.92 Å². The van der Waals surface area contributed by atoms with Gasteiger partial charge in [0, 0.05) is 18.2 Å². The minimum absolute atomic E-state index is 0.0346. The molecule has 0 spiro atoms. The zero-order valence-corrected chi connectivity index (χ0v) is 14.1.